The summed E-state index contributed by atoms with van der Waals surface area (Å²) in [6.45, 7) is 4.58. The van der Waals surface area contributed by atoms with Crippen LogP contribution in [0.4, 0.5) is 0 Å². The fourth-order valence-electron chi connectivity index (χ4n) is 2.44. The van der Waals surface area contributed by atoms with E-state index in [4.69, 9.17) is 0 Å². The second-order valence-electron chi connectivity index (χ2n) is 5.55. The first-order chi connectivity index (χ1) is 9.29. The first-order valence-electron chi connectivity index (χ1n) is 6.77. The molecule has 2 atom stereocenters. The van der Waals surface area contributed by atoms with Crippen molar-refractivity contribution in [3.63, 3.8) is 0 Å². The fraction of sp³-hybridized carbons (Fsp3) is 0.692. The molecule has 20 heavy (non-hydrogen) atoms. The Morgan fingerprint density at radius 2 is 2.20 bits per heavy atom. The van der Waals surface area contributed by atoms with Crippen molar-refractivity contribution < 1.29 is 13.2 Å². The summed E-state index contributed by atoms with van der Waals surface area (Å²) in [5.41, 5.74) is 1.08. The lowest BCUT2D eigenvalue weighted by Gasteiger charge is -2.34. The lowest BCUT2D eigenvalue weighted by atomic mass is 10.1. The monoisotopic (exact) mass is 299 g/mol. The highest BCUT2D eigenvalue weighted by atomic mass is 32.2. The molecule has 1 fully saturated rings. The molecule has 1 aromatic rings. The van der Waals surface area contributed by atoms with Crippen LogP contribution in [-0.2, 0) is 14.6 Å². The van der Waals surface area contributed by atoms with Crippen molar-refractivity contribution in [2.45, 2.75) is 38.0 Å². The van der Waals surface area contributed by atoms with Gasteiger partial charge in [0.25, 0.3) is 0 Å². The van der Waals surface area contributed by atoms with Crippen LogP contribution in [0.3, 0.4) is 0 Å². The Labute approximate surface area is 119 Å². The minimum atomic E-state index is -3.34. The van der Waals surface area contributed by atoms with Crippen LogP contribution in [-0.4, -0.2) is 53.6 Å². The van der Waals surface area contributed by atoms with Gasteiger partial charge in [-0.15, -0.1) is 0 Å². The minimum absolute atomic E-state index is 0.133. The quantitative estimate of drug-likeness (QED) is 0.827. The van der Waals surface area contributed by atoms with Crippen molar-refractivity contribution in [3.05, 3.63) is 18.0 Å². The number of amides is 1. The maximum Gasteiger partial charge on any atom is 0.240 e. The molecule has 1 saturated heterocycles. The van der Waals surface area contributed by atoms with E-state index >= 15 is 0 Å². The van der Waals surface area contributed by atoms with E-state index in [1.165, 1.54) is 6.92 Å². The summed E-state index contributed by atoms with van der Waals surface area (Å²) in [6, 6.07) is 0.133. The molecule has 0 saturated carbocycles. The number of sulfone groups is 1. The van der Waals surface area contributed by atoms with Gasteiger partial charge in [-0.3, -0.25) is 9.48 Å². The minimum Gasteiger partial charge on any atom is -0.339 e. The van der Waals surface area contributed by atoms with Crippen molar-refractivity contribution in [2.75, 3.05) is 19.3 Å². The van der Waals surface area contributed by atoms with Gasteiger partial charge in [-0.1, -0.05) is 0 Å². The maximum atomic E-state index is 12.2. The van der Waals surface area contributed by atoms with E-state index in [0.29, 0.717) is 13.1 Å². The fourth-order valence-corrected chi connectivity index (χ4v) is 2.96. The molecular formula is C13H21N3O3S. The van der Waals surface area contributed by atoms with E-state index in [-0.39, 0.29) is 11.9 Å². The number of aryl methyl sites for hydroxylation is 1. The van der Waals surface area contributed by atoms with Gasteiger partial charge in [-0.05, 0) is 32.3 Å². The first-order valence-corrected chi connectivity index (χ1v) is 8.73. The first kappa shape index (κ1) is 15.0. The van der Waals surface area contributed by atoms with E-state index in [2.05, 4.69) is 5.10 Å². The summed E-state index contributed by atoms with van der Waals surface area (Å²) >= 11 is 0. The van der Waals surface area contributed by atoms with Crippen molar-refractivity contribution >= 4 is 15.7 Å². The van der Waals surface area contributed by atoms with E-state index in [1.807, 2.05) is 17.8 Å². The van der Waals surface area contributed by atoms with Gasteiger partial charge in [-0.25, -0.2) is 8.42 Å². The summed E-state index contributed by atoms with van der Waals surface area (Å²) in [6.07, 6.45) is 6.68. The van der Waals surface area contributed by atoms with E-state index in [9.17, 15) is 13.2 Å². The average Bonchev–Trinajstić information content (AvgIpc) is 2.83. The van der Waals surface area contributed by atoms with Crippen LogP contribution in [0.2, 0.25) is 0 Å². The molecule has 0 radical (unpaired) electrons. The van der Waals surface area contributed by atoms with Crippen molar-refractivity contribution in [3.8, 4) is 0 Å². The molecule has 0 spiro atoms. The summed E-state index contributed by atoms with van der Waals surface area (Å²) < 4.78 is 24.9. The van der Waals surface area contributed by atoms with Crippen molar-refractivity contribution in [1.29, 1.82) is 0 Å². The number of piperidine rings is 1. The van der Waals surface area contributed by atoms with Crippen LogP contribution in [0.25, 0.3) is 0 Å². The molecule has 0 aromatic carbocycles. The Kier molecular flexibility index (Phi) is 4.17. The molecule has 2 rings (SSSR count). The SMILES string of the molecule is Cc1cnn([C@@H]2CCCN(C(=O)[C@@H](C)S(C)(=O)=O)C2)c1. The molecule has 0 bridgehead atoms. The zero-order valence-electron chi connectivity index (χ0n) is 12.1. The molecule has 6 nitrogen and oxygen atoms in total. The Morgan fingerprint density at radius 3 is 2.75 bits per heavy atom. The van der Waals surface area contributed by atoms with Crippen LogP contribution in [0.15, 0.2) is 12.4 Å². The highest BCUT2D eigenvalue weighted by Crippen LogP contribution is 2.22. The van der Waals surface area contributed by atoms with Gasteiger partial charge < -0.3 is 4.90 Å². The lowest BCUT2D eigenvalue weighted by molar-refractivity contribution is -0.132. The number of hydrogen-bond donors (Lipinski definition) is 0. The van der Waals surface area contributed by atoms with Crippen molar-refractivity contribution in [1.82, 2.24) is 14.7 Å². The molecule has 1 aliphatic rings. The number of rotatable bonds is 3. The number of hydrogen-bond acceptors (Lipinski definition) is 4. The van der Waals surface area contributed by atoms with E-state index < -0.39 is 15.1 Å². The third-order valence-electron chi connectivity index (χ3n) is 3.80. The largest absolute Gasteiger partial charge is 0.339 e. The summed E-state index contributed by atoms with van der Waals surface area (Å²) in [4.78, 5) is 13.9. The molecule has 1 aromatic heterocycles. The van der Waals surface area contributed by atoms with Gasteiger partial charge in [0, 0.05) is 25.5 Å². The molecule has 112 valence electrons. The zero-order chi connectivity index (χ0) is 14.9. The Balaban J connectivity index is 2.09. The maximum absolute atomic E-state index is 12.2. The van der Waals surface area contributed by atoms with Crippen LogP contribution < -0.4 is 0 Å². The average molecular weight is 299 g/mol. The number of aromatic nitrogens is 2. The van der Waals surface area contributed by atoms with Gasteiger partial charge in [0.2, 0.25) is 5.91 Å². The Morgan fingerprint density at radius 1 is 1.50 bits per heavy atom. The standard InChI is InChI=1S/C13H21N3O3S/c1-10-7-14-16(8-10)12-5-4-6-15(9-12)13(17)11(2)20(3,18)19/h7-8,11-12H,4-6,9H2,1-3H3/t11-,12-/m1/s1. The summed E-state index contributed by atoms with van der Waals surface area (Å²) in [5, 5.41) is 3.32. The lowest BCUT2D eigenvalue weighted by Crippen LogP contribution is -2.46. The van der Waals surface area contributed by atoms with Gasteiger partial charge in [0.1, 0.15) is 5.25 Å². The summed E-state index contributed by atoms with van der Waals surface area (Å²) in [5.74, 6) is -0.305. The molecule has 7 heteroatoms. The molecule has 1 aliphatic heterocycles. The predicted octanol–water partition coefficient (Wildman–Crippen LogP) is 0.788. The second kappa shape index (κ2) is 5.55. The molecular weight excluding hydrogens is 278 g/mol. The highest BCUT2D eigenvalue weighted by Gasteiger charge is 2.32. The molecule has 0 N–H and O–H groups in total. The van der Waals surface area contributed by atoms with Crippen LogP contribution in [0.5, 0.6) is 0 Å². The van der Waals surface area contributed by atoms with Gasteiger partial charge in [0.05, 0.1) is 12.2 Å². The Bertz CT molecular complexity index is 594. The normalized spacial score (nSPS) is 21.8. The number of carbonyl (C=O) groups is 1. The van der Waals surface area contributed by atoms with Gasteiger partial charge >= 0.3 is 0 Å². The smallest absolute Gasteiger partial charge is 0.240 e. The van der Waals surface area contributed by atoms with Gasteiger partial charge in [0.15, 0.2) is 9.84 Å². The molecule has 1 amide bonds. The number of carbonyl (C=O) groups excluding carboxylic acids is 1. The topological polar surface area (TPSA) is 72.3 Å². The van der Waals surface area contributed by atoms with E-state index in [1.54, 1.807) is 11.1 Å². The Hall–Kier alpha value is -1.37. The number of nitrogens with zero attached hydrogens (tertiary/aromatic N) is 3. The molecule has 0 aliphatic carbocycles. The van der Waals surface area contributed by atoms with Crippen molar-refractivity contribution in [2.24, 2.45) is 0 Å². The zero-order valence-corrected chi connectivity index (χ0v) is 12.9. The van der Waals surface area contributed by atoms with Gasteiger partial charge in [-0.2, -0.15) is 5.10 Å². The summed E-state index contributed by atoms with van der Waals surface area (Å²) in [7, 11) is -3.34. The second-order valence-corrected chi connectivity index (χ2v) is 7.92. The third-order valence-corrected chi connectivity index (χ3v) is 5.29. The molecule has 2 heterocycles. The van der Waals surface area contributed by atoms with E-state index in [0.717, 1.165) is 24.7 Å². The van der Waals surface area contributed by atoms with Crippen LogP contribution in [0, 0.1) is 6.92 Å². The predicted molar refractivity (Wildman–Crippen MR) is 76.1 cm³/mol. The third kappa shape index (κ3) is 3.20. The molecule has 0 unspecified atom stereocenters. The van der Waals surface area contributed by atoms with Crippen LogP contribution in [0.1, 0.15) is 31.4 Å². The van der Waals surface area contributed by atoms with Crippen LogP contribution >= 0.6 is 0 Å². The highest BCUT2D eigenvalue weighted by molar-refractivity contribution is 7.92. The number of likely N-dealkylation sites (tertiary alicyclic amines) is 1.